The van der Waals surface area contributed by atoms with E-state index in [0.717, 1.165) is 30.5 Å². The standard InChI is InChI=1S/C23H24ClN3O4/c1-14(2)30-20-6-5-18(12-19(20)24)23-25-22(26-31-23)17-4-3-15-7-9-27(13-21(28)29)10-8-16(15)11-17/h3-6,11-12,14H,7-10,13H2,1-2H3,(H,28,29). The smallest absolute Gasteiger partial charge is 0.317 e. The second kappa shape index (κ2) is 9.08. The van der Waals surface area contributed by atoms with Gasteiger partial charge in [0.1, 0.15) is 5.75 Å². The highest BCUT2D eigenvalue weighted by Crippen LogP contribution is 2.31. The number of aliphatic carboxylic acids is 1. The number of hydrogen-bond donors (Lipinski definition) is 1. The van der Waals surface area contributed by atoms with E-state index in [-0.39, 0.29) is 12.6 Å². The summed E-state index contributed by atoms with van der Waals surface area (Å²) in [6.07, 6.45) is 1.64. The number of hydrogen-bond acceptors (Lipinski definition) is 6. The quantitative estimate of drug-likeness (QED) is 0.609. The molecule has 162 valence electrons. The van der Waals surface area contributed by atoms with Gasteiger partial charge in [-0.2, -0.15) is 4.98 Å². The summed E-state index contributed by atoms with van der Waals surface area (Å²) in [6, 6.07) is 11.5. The van der Waals surface area contributed by atoms with Crippen molar-refractivity contribution in [1.82, 2.24) is 15.0 Å². The number of nitrogens with zero attached hydrogens (tertiary/aromatic N) is 3. The van der Waals surface area contributed by atoms with Crippen molar-refractivity contribution in [2.24, 2.45) is 0 Å². The van der Waals surface area contributed by atoms with Gasteiger partial charge in [0.25, 0.3) is 5.89 Å². The number of carbonyl (C=O) groups is 1. The zero-order valence-electron chi connectivity index (χ0n) is 17.5. The minimum Gasteiger partial charge on any atom is -0.489 e. The molecular weight excluding hydrogens is 418 g/mol. The first-order chi connectivity index (χ1) is 14.9. The predicted octanol–water partition coefficient (Wildman–Crippen LogP) is 4.33. The van der Waals surface area contributed by atoms with E-state index in [1.54, 1.807) is 12.1 Å². The van der Waals surface area contributed by atoms with Crippen LogP contribution in [0.1, 0.15) is 25.0 Å². The zero-order valence-corrected chi connectivity index (χ0v) is 18.2. The molecule has 0 saturated carbocycles. The lowest BCUT2D eigenvalue weighted by molar-refractivity contribution is -0.138. The van der Waals surface area contributed by atoms with Crippen molar-refractivity contribution in [1.29, 1.82) is 0 Å². The molecule has 1 aliphatic heterocycles. The Balaban J connectivity index is 1.53. The van der Waals surface area contributed by atoms with Gasteiger partial charge in [-0.3, -0.25) is 9.69 Å². The first kappa shape index (κ1) is 21.3. The molecule has 0 atom stereocenters. The number of fused-ring (bicyclic) bond motifs is 1. The van der Waals surface area contributed by atoms with Gasteiger partial charge in [-0.1, -0.05) is 28.9 Å². The van der Waals surface area contributed by atoms with Crippen molar-refractivity contribution < 1.29 is 19.2 Å². The van der Waals surface area contributed by atoms with Gasteiger partial charge in [0.15, 0.2) is 0 Å². The Morgan fingerprint density at radius 2 is 1.90 bits per heavy atom. The monoisotopic (exact) mass is 441 g/mol. The number of benzene rings is 2. The lowest BCUT2D eigenvalue weighted by Crippen LogP contribution is -2.31. The minimum absolute atomic E-state index is 0.0303. The molecule has 1 aliphatic rings. The molecule has 0 amide bonds. The van der Waals surface area contributed by atoms with Gasteiger partial charge in [0.2, 0.25) is 5.82 Å². The predicted molar refractivity (Wildman–Crippen MR) is 117 cm³/mol. The van der Waals surface area contributed by atoms with Gasteiger partial charge in [-0.05, 0) is 62.1 Å². The molecule has 0 aliphatic carbocycles. The number of rotatable bonds is 6. The molecule has 0 spiro atoms. The zero-order chi connectivity index (χ0) is 22.0. The lowest BCUT2D eigenvalue weighted by atomic mass is 10.00. The van der Waals surface area contributed by atoms with Gasteiger partial charge in [0.05, 0.1) is 17.7 Å². The van der Waals surface area contributed by atoms with Crippen molar-refractivity contribution in [2.45, 2.75) is 32.8 Å². The third-order valence-corrected chi connectivity index (χ3v) is 5.48. The van der Waals surface area contributed by atoms with Gasteiger partial charge >= 0.3 is 5.97 Å². The SMILES string of the molecule is CC(C)Oc1ccc(-c2nc(-c3ccc4c(c3)CCN(CC(=O)O)CC4)no2)cc1Cl. The first-order valence-corrected chi connectivity index (χ1v) is 10.6. The Bertz CT molecular complexity index is 1100. The Kier molecular flexibility index (Phi) is 6.25. The summed E-state index contributed by atoms with van der Waals surface area (Å²) in [5.74, 6) is 0.705. The van der Waals surface area contributed by atoms with Crippen LogP contribution in [0, 0.1) is 0 Å². The number of aromatic nitrogens is 2. The summed E-state index contributed by atoms with van der Waals surface area (Å²) >= 11 is 6.33. The molecular formula is C23H24ClN3O4. The highest BCUT2D eigenvalue weighted by molar-refractivity contribution is 6.32. The highest BCUT2D eigenvalue weighted by Gasteiger charge is 2.18. The first-order valence-electron chi connectivity index (χ1n) is 10.3. The van der Waals surface area contributed by atoms with Crippen LogP contribution in [-0.4, -0.2) is 51.9 Å². The maximum Gasteiger partial charge on any atom is 0.317 e. The molecule has 2 heterocycles. The van der Waals surface area contributed by atoms with E-state index in [1.165, 1.54) is 11.1 Å². The largest absolute Gasteiger partial charge is 0.489 e. The number of ether oxygens (including phenoxy) is 1. The van der Waals surface area contributed by atoms with E-state index in [9.17, 15) is 4.79 Å². The van der Waals surface area contributed by atoms with Gasteiger partial charge in [-0.25, -0.2) is 0 Å². The normalized spacial score (nSPS) is 14.3. The van der Waals surface area contributed by atoms with Crippen LogP contribution in [0.4, 0.5) is 0 Å². The van der Waals surface area contributed by atoms with Gasteiger partial charge in [0, 0.05) is 24.2 Å². The Morgan fingerprint density at radius 1 is 1.16 bits per heavy atom. The molecule has 2 aromatic carbocycles. The van der Waals surface area contributed by atoms with E-state index in [1.807, 2.05) is 30.9 Å². The molecule has 0 saturated heterocycles. The number of halogens is 1. The molecule has 3 aromatic rings. The summed E-state index contributed by atoms with van der Waals surface area (Å²) in [5, 5.41) is 13.7. The second-order valence-corrected chi connectivity index (χ2v) is 8.30. The summed E-state index contributed by atoms with van der Waals surface area (Å²) in [5.41, 5.74) is 4.01. The molecule has 0 bridgehead atoms. The molecule has 31 heavy (non-hydrogen) atoms. The summed E-state index contributed by atoms with van der Waals surface area (Å²) in [4.78, 5) is 17.5. The lowest BCUT2D eigenvalue weighted by Gasteiger charge is -2.16. The molecule has 8 heteroatoms. The summed E-state index contributed by atoms with van der Waals surface area (Å²) in [7, 11) is 0. The van der Waals surface area contributed by atoms with Crippen molar-refractivity contribution in [2.75, 3.05) is 19.6 Å². The van der Waals surface area contributed by atoms with Crippen molar-refractivity contribution in [3.05, 3.63) is 52.5 Å². The fourth-order valence-electron chi connectivity index (χ4n) is 3.70. The molecule has 4 rings (SSSR count). The van der Waals surface area contributed by atoms with Crippen LogP contribution in [0.5, 0.6) is 5.75 Å². The summed E-state index contributed by atoms with van der Waals surface area (Å²) in [6.45, 7) is 5.40. The average molecular weight is 442 g/mol. The molecule has 0 fully saturated rings. The van der Waals surface area contributed by atoms with E-state index in [2.05, 4.69) is 22.3 Å². The Labute approximate surface area is 185 Å². The van der Waals surface area contributed by atoms with E-state index >= 15 is 0 Å². The second-order valence-electron chi connectivity index (χ2n) is 7.89. The maximum atomic E-state index is 11.0. The van der Waals surface area contributed by atoms with Crippen LogP contribution in [0.2, 0.25) is 5.02 Å². The fraction of sp³-hybridized carbons (Fsp3) is 0.348. The van der Waals surface area contributed by atoms with Crippen molar-refractivity contribution in [3.63, 3.8) is 0 Å². The van der Waals surface area contributed by atoms with Gasteiger partial charge in [-0.15, -0.1) is 0 Å². The Morgan fingerprint density at radius 3 is 2.61 bits per heavy atom. The molecule has 7 nitrogen and oxygen atoms in total. The average Bonchev–Trinajstić information content (AvgIpc) is 3.13. The molecule has 1 aromatic heterocycles. The molecule has 0 radical (unpaired) electrons. The highest BCUT2D eigenvalue weighted by atomic mass is 35.5. The van der Waals surface area contributed by atoms with Crippen LogP contribution in [0.25, 0.3) is 22.8 Å². The van der Waals surface area contributed by atoms with Crippen LogP contribution in [0.15, 0.2) is 40.9 Å². The maximum absolute atomic E-state index is 11.0. The number of carboxylic acid groups (broad SMARTS) is 1. The van der Waals surface area contributed by atoms with E-state index < -0.39 is 5.97 Å². The fourth-order valence-corrected chi connectivity index (χ4v) is 3.93. The summed E-state index contributed by atoms with van der Waals surface area (Å²) < 4.78 is 11.1. The van der Waals surface area contributed by atoms with E-state index in [4.69, 9.17) is 26.0 Å². The Hall–Kier alpha value is -2.90. The van der Waals surface area contributed by atoms with Crippen molar-refractivity contribution >= 4 is 17.6 Å². The van der Waals surface area contributed by atoms with Crippen LogP contribution < -0.4 is 4.74 Å². The van der Waals surface area contributed by atoms with Crippen molar-refractivity contribution in [3.8, 4) is 28.6 Å². The van der Waals surface area contributed by atoms with Crippen LogP contribution >= 0.6 is 11.6 Å². The third kappa shape index (κ3) is 5.06. The number of carboxylic acids is 1. The molecule has 0 unspecified atom stereocenters. The van der Waals surface area contributed by atoms with Crippen LogP contribution in [0.3, 0.4) is 0 Å². The van der Waals surface area contributed by atoms with E-state index in [0.29, 0.717) is 29.0 Å². The van der Waals surface area contributed by atoms with Crippen LogP contribution in [-0.2, 0) is 17.6 Å². The molecule has 1 N–H and O–H groups in total. The minimum atomic E-state index is -0.796. The van der Waals surface area contributed by atoms with Gasteiger partial charge < -0.3 is 14.4 Å². The topological polar surface area (TPSA) is 88.7 Å². The third-order valence-electron chi connectivity index (χ3n) is 5.19.